The lowest BCUT2D eigenvalue weighted by Gasteiger charge is -2.57. The minimum Gasteiger partial charge on any atom is -0.463 e. The molecule has 0 radical (unpaired) electrons. The minimum atomic E-state index is -0.228. The maximum absolute atomic E-state index is 12.1. The molecule has 4 heteroatoms. The molecular weight excluding hydrogens is 376 g/mol. The number of ether oxygens (including phenoxy) is 2. The van der Waals surface area contributed by atoms with E-state index in [-0.39, 0.29) is 17.5 Å². The second-order valence-electron chi connectivity index (χ2n) is 11.0. The van der Waals surface area contributed by atoms with Crippen molar-refractivity contribution in [2.45, 2.75) is 78.4 Å². The van der Waals surface area contributed by atoms with Crippen LogP contribution in [0.4, 0.5) is 0 Å². The molecule has 4 fully saturated rings. The Morgan fingerprint density at radius 1 is 1.27 bits per heavy atom. The lowest BCUT2D eigenvalue weighted by atomic mass is 9.46. The van der Waals surface area contributed by atoms with Crippen molar-refractivity contribution >= 4 is 11.8 Å². The zero-order chi connectivity index (χ0) is 21.3. The molecule has 1 aliphatic heterocycles. The fraction of sp³-hybridized carbons (Fsp3) is 0.769. The van der Waals surface area contributed by atoms with Crippen LogP contribution in [-0.2, 0) is 19.1 Å². The molecule has 4 nitrogen and oxygen atoms in total. The molecule has 30 heavy (non-hydrogen) atoms. The fourth-order valence-electron chi connectivity index (χ4n) is 8.27. The molecule has 0 N–H and O–H groups in total. The molecule has 3 saturated carbocycles. The van der Waals surface area contributed by atoms with Crippen molar-refractivity contribution < 1.29 is 19.1 Å². The summed E-state index contributed by atoms with van der Waals surface area (Å²) in [5.74, 6) is 2.99. The van der Waals surface area contributed by atoms with Crippen molar-refractivity contribution in [3.8, 4) is 0 Å². The highest BCUT2D eigenvalue weighted by molar-refractivity contribution is 5.92. The van der Waals surface area contributed by atoms with Crippen molar-refractivity contribution in [1.29, 1.82) is 0 Å². The number of ketones is 1. The number of hydrogen-bond donors (Lipinski definition) is 0. The van der Waals surface area contributed by atoms with Gasteiger partial charge in [0.05, 0.1) is 12.7 Å². The van der Waals surface area contributed by atoms with Crippen LogP contribution < -0.4 is 0 Å². The first-order valence-electron chi connectivity index (χ1n) is 12.0. The lowest BCUT2D eigenvalue weighted by Crippen LogP contribution is -2.53. The third kappa shape index (κ3) is 2.89. The lowest BCUT2D eigenvalue weighted by molar-refractivity contribution is -0.137. The summed E-state index contributed by atoms with van der Waals surface area (Å²) in [4.78, 5) is 23.9. The van der Waals surface area contributed by atoms with Gasteiger partial charge < -0.3 is 9.47 Å². The van der Waals surface area contributed by atoms with E-state index >= 15 is 0 Å². The van der Waals surface area contributed by atoms with Gasteiger partial charge >= 0.3 is 5.97 Å². The van der Waals surface area contributed by atoms with Crippen LogP contribution in [0, 0.1) is 40.4 Å². The largest absolute Gasteiger partial charge is 0.463 e. The molecule has 1 saturated heterocycles. The van der Waals surface area contributed by atoms with E-state index < -0.39 is 0 Å². The van der Waals surface area contributed by atoms with E-state index in [1.165, 1.54) is 31.3 Å². The van der Waals surface area contributed by atoms with E-state index in [0.29, 0.717) is 59.9 Å². The van der Waals surface area contributed by atoms with Crippen LogP contribution in [0.25, 0.3) is 0 Å². The number of allylic oxidation sites excluding steroid dienone is 1. The number of carbonyl (C=O) groups excluding carboxylic acids is 2. The first-order valence-corrected chi connectivity index (χ1v) is 12.0. The summed E-state index contributed by atoms with van der Waals surface area (Å²) < 4.78 is 11.4. The molecular formula is C26H36O4. The van der Waals surface area contributed by atoms with E-state index in [1.54, 1.807) is 6.08 Å². The topological polar surface area (TPSA) is 55.9 Å². The summed E-state index contributed by atoms with van der Waals surface area (Å²) in [6.07, 6.45) is 12.8. The predicted molar refractivity (Wildman–Crippen MR) is 115 cm³/mol. The number of epoxide rings is 1. The third-order valence-corrected chi connectivity index (χ3v) is 9.76. The zero-order valence-electron chi connectivity index (χ0n) is 18.9. The summed E-state index contributed by atoms with van der Waals surface area (Å²) in [5.41, 5.74) is 1.76. The van der Waals surface area contributed by atoms with Crippen LogP contribution in [0.2, 0.25) is 0 Å². The molecule has 9 atom stereocenters. The van der Waals surface area contributed by atoms with E-state index in [9.17, 15) is 9.59 Å². The summed E-state index contributed by atoms with van der Waals surface area (Å²) in [5, 5.41) is 0. The van der Waals surface area contributed by atoms with E-state index in [4.69, 9.17) is 9.47 Å². The van der Waals surface area contributed by atoms with Gasteiger partial charge in [-0.25, -0.2) is 4.79 Å². The van der Waals surface area contributed by atoms with E-state index in [2.05, 4.69) is 26.8 Å². The molecule has 0 spiro atoms. The first kappa shape index (κ1) is 20.5. The van der Waals surface area contributed by atoms with Gasteiger partial charge in [0.25, 0.3) is 0 Å². The highest BCUT2D eigenvalue weighted by Crippen LogP contribution is 2.70. The number of hydrogen-bond acceptors (Lipinski definition) is 4. The second kappa shape index (κ2) is 7.05. The summed E-state index contributed by atoms with van der Waals surface area (Å²) >= 11 is 0. The molecule has 5 aliphatic rings. The van der Waals surface area contributed by atoms with Gasteiger partial charge in [0, 0.05) is 12.5 Å². The Morgan fingerprint density at radius 3 is 2.83 bits per heavy atom. The standard InChI is InChI=1S/C26H36O4/c1-5-29-21(28)9-6-15(2)17-7-8-18-22-19(11-13-25(17,18)3)26(4)12-10-16(27)14-20(26)23-24(22)30-23/h6,9,14-15,17-19,22-24H,5,7-8,10-13H2,1-4H3/b9-6+/t15-,17?,18?,19?,22?,23+,24-,25-,26-/m1/s1. The van der Waals surface area contributed by atoms with Crippen LogP contribution in [0.3, 0.4) is 0 Å². The number of esters is 1. The average Bonchev–Trinajstić information content (AvgIpc) is 3.42. The van der Waals surface area contributed by atoms with Crippen LogP contribution in [0.1, 0.15) is 66.2 Å². The number of rotatable bonds is 4. The van der Waals surface area contributed by atoms with Gasteiger partial charge in [-0.1, -0.05) is 26.8 Å². The van der Waals surface area contributed by atoms with Crippen molar-refractivity contribution in [3.05, 3.63) is 23.8 Å². The van der Waals surface area contributed by atoms with Gasteiger partial charge in [0.1, 0.15) is 6.10 Å². The van der Waals surface area contributed by atoms with Crippen molar-refractivity contribution in [1.82, 2.24) is 0 Å². The molecule has 5 rings (SSSR count). The van der Waals surface area contributed by atoms with Crippen molar-refractivity contribution in [2.75, 3.05) is 6.61 Å². The highest BCUT2D eigenvalue weighted by Gasteiger charge is 2.69. The molecule has 0 aromatic carbocycles. The summed E-state index contributed by atoms with van der Waals surface area (Å²) in [6.45, 7) is 9.47. The Hall–Kier alpha value is -1.42. The quantitative estimate of drug-likeness (QED) is 0.375. The van der Waals surface area contributed by atoms with Crippen LogP contribution in [0.5, 0.6) is 0 Å². The van der Waals surface area contributed by atoms with Gasteiger partial charge in [-0.3, -0.25) is 4.79 Å². The van der Waals surface area contributed by atoms with Crippen LogP contribution in [0.15, 0.2) is 23.8 Å². The van der Waals surface area contributed by atoms with Gasteiger partial charge in [-0.2, -0.15) is 0 Å². The molecule has 0 bridgehead atoms. The van der Waals surface area contributed by atoms with Gasteiger partial charge in [0.15, 0.2) is 5.78 Å². The Morgan fingerprint density at radius 2 is 2.07 bits per heavy atom. The summed E-state index contributed by atoms with van der Waals surface area (Å²) in [7, 11) is 0. The average molecular weight is 413 g/mol. The molecule has 0 aromatic heterocycles. The fourth-order valence-corrected chi connectivity index (χ4v) is 8.27. The smallest absolute Gasteiger partial charge is 0.330 e. The highest BCUT2D eigenvalue weighted by atomic mass is 16.6. The van der Waals surface area contributed by atoms with Crippen molar-refractivity contribution in [3.63, 3.8) is 0 Å². The van der Waals surface area contributed by atoms with E-state index in [1.807, 2.05) is 13.0 Å². The zero-order valence-corrected chi connectivity index (χ0v) is 18.9. The maximum Gasteiger partial charge on any atom is 0.330 e. The SMILES string of the molecule is CCOC(=O)/C=C/[C@@H](C)C1CCC2C3C(CC[C@@]21C)[C@@]1(C)CCC(=O)C=C1[C@@H]1O[C@H]31. The Bertz CT molecular complexity index is 812. The third-order valence-electron chi connectivity index (χ3n) is 9.76. The normalized spacial score (nSPS) is 47.6. The minimum absolute atomic E-state index is 0.144. The Balaban J connectivity index is 1.39. The van der Waals surface area contributed by atoms with Gasteiger partial charge in [-0.15, -0.1) is 0 Å². The van der Waals surface area contributed by atoms with E-state index in [0.717, 1.165) is 6.42 Å². The molecule has 0 amide bonds. The molecule has 1 heterocycles. The molecule has 4 aliphatic carbocycles. The first-order chi connectivity index (χ1) is 14.3. The van der Waals surface area contributed by atoms with Gasteiger partial charge in [0.2, 0.25) is 0 Å². The molecule has 4 unspecified atom stereocenters. The maximum atomic E-state index is 12.1. The Labute approximate surface area is 180 Å². The van der Waals surface area contributed by atoms with Gasteiger partial charge in [-0.05, 0) is 91.1 Å². The van der Waals surface area contributed by atoms with Crippen LogP contribution >= 0.6 is 0 Å². The predicted octanol–water partition coefficient (Wildman–Crippen LogP) is 4.88. The molecule has 164 valence electrons. The Kier molecular flexibility index (Phi) is 4.81. The number of carbonyl (C=O) groups is 2. The second-order valence-corrected chi connectivity index (χ2v) is 11.0. The monoisotopic (exact) mass is 412 g/mol. The summed E-state index contributed by atoms with van der Waals surface area (Å²) in [6, 6.07) is 0. The molecule has 0 aromatic rings. The number of fused-ring (bicyclic) bond motifs is 8. The van der Waals surface area contributed by atoms with Crippen LogP contribution in [-0.4, -0.2) is 30.6 Å². The van der Waals surface area contributed by atoms with Crippen molar-refractivity contribution in [2.24, 2.45) is 40.4 Å².